The summed E-state index contributed by atoms with van der Waals surface area (Å²) in [5.41, 5.74) is 7.17. The minimum atomic E-state index is -3.62. The second-order valence-corrected chi connectivity index (χ2v) is 7.41. The first-order valence-corrected chi connectivity index (χ1v) is 8.53. The third-order valence-corrected chi connectivity index (χ3v) is 5.55. The van der Waals surface area contributed by atoms with E-state index in [-0.39, 0.29) is 11.6 Å². The summed E-state index contributed by atoms with van der Waals surface area (Å²) in [4.78, 5) is 3.98. The Kier molecular flexibility index (Phi) is 5.10. The molecule has 0 aliphatic carbocycles. The van der Waals surface area contributed by atoms with Crippen molar-refractivity contribution in [3.05, 3.63) is 58.2 Å². The van der Waals surface area contributed by atoms with E-state index in [0.29, 0.717) is 6.54 Å². The molecule has 0 aliphatic rings. The molecule has 0 bridgehead atoms. The molecule has 2 N–H and O–H groups in total. The summed E-state index contributed by atoms with van der Waals surface area (Å²) in [5, 5.41) is 0.0225. The van der Waals surface area contributed by atoms with Crippen LogP contribution in [0.4, 0.5) is 0 Å². The number of pyridine rings is 1. The smallest absolute Gasteiger partial charge is 0.260 e. The molecule has 2 aromatic rings. The number of nitrogens with zero attached hydrogens (tertiary/aromatic N) is 2. The van der Waals surface area contributed by atoms with Gasteiger partial charge in [0.25, 0.3) is 10.0 Å². The van der Waals surface area contributed by atoms with Crippen LogP contribution in [-0.4, -0.2) is 24.8 Å². The lowest BCUT2D eigenvalue weighted by Crippen LogP contribution is -2.27. The summed E-state index contributed by atoms with van der Waals surface area (Å²) >= 11 is 3.42. The first-order chi connectivity index (χ1) is 9.95. The third kappa shape index (κ3) is 3.68. The van der Waals surface area contributed by atoms with Crippen LogP contribution in [0.25, 0.3) is 0 Å². The highest BCUT2D eigenvalue weighted by Crippen LogP contribution is 2.20. The molecule has 0 spiro atoms. The zero-order valence-electron chi connectivity index (χ0n) is 11.5. The Balaban J connectivity index is 2.24. The maximum absolute atomic E-state index is 12.5. The van der Waals surface area contributed by atoms with Crippen molar-refractivity contribution in [2.75, 3.05) is 7.05 Å². The Hall–Kier alpha value is -1.28. The second-order valence-electron chi connectivity index (χ2n) is 4.56. The van der Waals surface area contributed by atoms with Gasteiger partial charge in [0.05, 0.1) is 0 Å². The van der Waals surface area contributed by atoms with Gasteiger partial charge in [-0.3, -0.25) is 0 Å². The highest BCUT2D eigenvalue weighted by molar-refractivity contribution is 9.10. The lowest BCUT2D eigenvalue weighted by atomic mass is 10.2. The average molecular weight is 370 g/mol. The molecule has 112 valence electrons. The van der Waals surface area contributed by atoms with Crippen molar-refractivity contribution >= 4 is 26.0 Å². The molecule has 0 saturated carbocycles. The lowest BCUT2D eigenvalue weighted by molar-refractivity contribution is 0.463. The highest BCUT2D eigenvalue weighted by atomic mass is 79.9. The fourth-order valence-corrected chi connectivity index (χ4v) is 3.26. The van der Waals surface area contributed by atoms with Gasteiger partial charge < -0.3 is 5.73 Å². The molecule has 0 fully saturated rings. The van der Waals surface area contributed by atoms with Crippen LogP contribution in [0, 0.1) is 0 Å². The molecule has 21 heavy (non-hydrogen) atoms. The summed E-state index contributed by atoms with van der Waals surface area (Å²) in [5.74, 6) is 0. The lowest BCUT2D eigenvalue weighted by Gasteiger charge is -2.17. The molecule has 1 heterocycles. The van der Waals surface area contributed by atoms with Crippen LogP contribution in [0.15, 0.2) is 52.1 Å². The van der Waals surface area contributed by atoms with Crippen molar-refractivity contribution in [2.24, 2.45) is 5.73 Å². The van der Waals surface area contributed by atoms with Crippen molar-refractivity contribution in [2.45, 2.75) is 18.1 Å². The van der Waals surface area contributed by atoms with Gasteiger partial charge in [0.15, 0.2) is 5.03 Å². The van der Waals surface area contributed by atoms with E-state index in [1.807, 2.05) is 24.3 Å². The third-order valence-electron chi connectivity index (χ3n) is 3.06. The van der Waals surface area contributed by atoms with E-state index in [9.17, 15) is 8.42 Å². The number of sulfonamides is 1. The molecule has 0 atom stereocenters. The van der Waals surface area contributed by atoms with Gasteiger partial charge in [-0.2, -0.15) is 4.31 Å². The number of benzene rings is 1. The largest absolute Gasteiger partial charge is 0.326 e. The van der Waals surface area contributed by atoms with E-state index in [4.69, 9.17) is 5.73 Å². The number of halogens is 1. The SMILES string of the molecule is CN(Cc1ccccc1Br)S(=O)(=O)c1ccc(CN)cn1. The van der Waals surface area contributed by atoms with Crippen molar-refractivity contribution in [1.82, 2.24) is 9.29 Å². The minimum Gasteiger partial charge on any atom is -0.326 e. The van der Waals surface area contributed by atoms with E-state index in [2.05, 4.69) is 20.9 Å². The average Bonchev–Trinajstić information content (AvgIpc) is 2.49. The Morgan fingerprint density at radius 3 is 2.52 bits per heavy atom. The van der Waals surface area contributed by atoms with Crippen LogP contribution in [-0.2, 0) is 23.1 Å². The Bertz CT molecular complexity index is 717. The molecule has 0 saturated heterocycles. The molecule has 5 nitrogen and oxygen atoms in total. The molecule has 1 aromatic carbocycles. The monoisotopic (exact) mass is 369 g/mol. The van der Waals surface area contributed by atoms with Gasteiger partial charge in [-0.25, -0.2) is 13.4 Å². The van der Waals surface area contributed by atoms with Crippen molar-refractivity contribution in [3.63, 3.8) is 0 Å². The van der Waals surface area contributed by atoms with Gasteiger partial charge >= 0.3 is 0 Å². The zero-order chi connectivity index (χ0) is 15.5. The Morgan fingerprint density at radius 1 is 1.24 bits per heavy atom. The van der Waals surface area contributed by atoms with Gasteiger partial charge in [-0.05, 0) is 23.3 Å². The van der Waals surface area contributed by atoms with Crippen LogP contribution in [0.3, 0.4) is 0 Å². The van der Waals surface area contributed by atoms with Crippen molar-refractivity contribution in [1.29, 1.82) is 0 Å². The molecular weight excluding hydrogens is 354 g/mol. The summed E-state index contributed by atoms with van der Waals surface area (Å²) in [7, 11) is -2.08. The number of rotatable bonds is 5. The van der Waals surface area contributed by atoms with E-state index < -0.39 is 10.0 Å². The maximum atomic E-state index is 12.5. The number of nitrogens with two attached hydrogens (primary N) is 1. The molecule has 0 aliphatic heterocycles. The van der Waals surface area contributed by atoms with Gasteiger partial charge in [-0.1, -0.05) is 40.2 Å². The molecular formula is C14H16BrN3O2S. The van der Waals surface area contributed by atoms with E-state index in [1.165, 1.54) is 23.6 Å². The Labute approximate surface area is 133 Å². The number of hydrogen-bond donors (Lipinski definition) is 1. The fraction of sp³-hybridized carbons (Fsp3) is 0.214. The predicted molar refractivity (Wildman–Crippen MR) is 84.9 cm³/mol. The molecule has 7 heteroatoms. The normalized spacial score (nSPS) is 11.8. The molecule has 0 amide bonds. The van der Waals surface area contributed by atoms with Crippen LogP contribution in [0.5, 0.6) is 0 Å². The first kappa shape index (κ1) is 16.1. The standard InChI is InChI=1S/C14H16BrN3O2S/c1-18(10-12-4-2-3-5-13(12)15)21(19,20)14-7-6-11(8-16)9-17-14/h2-7,9H,8,10,16H2,1H3. The minimum absolute atomic E-state index is 0.0225. The maximum Gasteiger partial charge on any atom is 0.260 e. The van der Waals surface area contributed by atoms with Gasteiger partial charge in [0.2, 0.25) is 0 Å². The molecule has 0 radical (unpaired) electrons. The summed E-state index contributed by atoms with van der Waals surface area (Å²) in [6.45, 7) is 0.601. The van der Waals surface area contributed by atoms with Crippen LogP contribution >= 0.6 is 15.9 Å². The Morgan fingerprint density at radius 2 is 1.95 bits per heavy atom. The van der Waals surface area contributed by atoms with E-state index in [1.54, 1.807) is 6.07 Å². The summed E-state index contributed by atoms with van der Waals surface area (Å²) in [6, 6.07) is 10.7. The molecule has 1 aromatic heterocycles. The van der Waals surface area contributed by atoms with Crippen LogP contribution in [0.1, 0.15) is 11.1 Å². The highest BCUT2D eigenvalue weighted by Gasteiger charge is 2.22. The predicted octanol–water partition coefficient (Wildman–Crippen LogP) is 2.12. The van der Waals surface area contributed by atoms with Crippen molar-refractivity contribution in [3.8, 4) is 0 Å². The quantitative estimate of drug-likeness (QED) is 0.875. The van der Waals surface area contributed by atoms with Gasteiger partial charge in [0, 0.05) is 30.8 Å². The van der Waals surface area contributed by atoms with Crippen LogP contribution in [0.2, 0.25) is 0 Å². The first-order valence-electron chi connectivity index (χ1n) is 6.30. The van der Waals surface area contributed by atoms with E-state index >= 15 is 0 Å². The summed E-state index contributed by atoms with van der Waals surface area (Å²) in [6.07, 6.45) is 1.49. The van der Waals surface area contributed by atoms with Gasteiger partial charge in [-0.15, -0.1) is 0 Å². The topological polar surface area (TPSA) is 76.3 Å². The zero-order valence-corrected chi connectivity index (χ0v) is 13.9. The fourth-order valence-electron chi connectivity index (χ4n) is 1.80. The number of aromatic nitrogens is 1. The second kappa shape index (κ2) is 6.65. The van der Waals surface area contributed by atoms with E-state index in [0.717, 1.165) is 15.6 Å². The van der Waals surface area contributed by atoms with Gasteiger partial charge in [0.1, 0.15) is 0 Å². The number of hydrogen-bond acceptors (Lipinski definition) is 4. The van der Waals surface area contributed by atoms with Crippen LogP contribution < -0.4 is 5.73 Å². The molecule has 2 rings (SSSR count). The van der Waals surface area contributed by atoms with Crippen molar-refractivity contribution < 1.29 is 8.42 Å². The molecule has 0 unspecified atom stereocenters. The summed E-state index contributed by atoms with van der Waals surface area (Å²) < 4.78 is 27.1.